The molecule has 0 amide bonds. The molecule has 2 aromatic carbocycles. The number of nitriles is 1. The van der Waals surface area contributed by atoms with E-state index in [1.807, 2.05) is 44.5 Å². The molecule has 4 heteroatoms. The molecule has 0 N–H and O–H groups in total. The van der Waals surface area contributed by atoms with Gasteiger partial charge in [-0.15, -0.1) is 0 Å². The Morgan fingerprint density at radius 3 is 2.54 bits per heavy atom. The van der Waals surface area contributed by atoms with E-state index in [2.05, 4.69) is 58.9 Å². The van der Waals surface area contributed by atoms with Gasteiger partial charge in [0.2, 0.25) is 5.52 Å². The van der Waals surface area contributed by atoms with E-state index < -0.39 is 0 Å². The first kappa shape index (κ1) is 17.9. The van der Waals surface area contributed by atoms with Gasteiger partial charge in [0, 0.05) is 25.8 Å². The van der Waals surface area contributed by atoms with Crippen LogP contribution in [0.4, 0.5) is 5.69 Å². The van der Waals surface area contributed by atoms with Crippen LogP contribution in [0.1, 0.15) is 17.5 Å². The van der Waals surface area contributed by atoms with Crippen LogP contribution in [0.3, 0.4) is 0 Å². The number of allylic oxidation sites excluding steroid dienone is 3. The molecule has 0 saturated heterocycles. The van der Waals surface area contributed by atoms with E-state index in [9.17, 15) is 5.26 Å². The quantitative estimate of drug-likeness (QED) is 0.368. The number of rotatable bonds is 5. The molecular weight excluding hydrogens is 338 g/mol. The summed E-state index contributed by atoms with van der Waals surface area (Å²) in [5.41, 5.74) is 4.15. The molecule has 0 bridgehead atoms. The van der Waals surface area contributed by atoms with E-state index in [0.29, 0.717) is 5.57 Å². The van der Waals surface area contributed by atoms with Crippen molar-refractivity contribution in [3.63, 3.8) is 0 Å². The first-order chi connectivity index (χ1) is 12.6. The van der Waals surface area contributed by atoms with Crippen molar-refractivity contribution in [2.45, 2.75) is 13.5 Å². The second kappa shape index (κ2) is 7.99. The van der Waals surface area contributed by atoms with Gasteiger partial charge in [0.1, 0.15) is 22.9 Å². The summed E-state index contributed by atoms with van der Waals surface area (Å²) >= 11 is 1.67. The lowest BCUT2D eigenvalue weighted by Crippen LogP contribution is -2.34. The van der Waals surface area contributed by atoms with Gasteiger partial charge in [-0.1, -0.05) is 47.8 Å². The third kappa shape index (κ3) is 3.68. The van der Waals surface area contributed by atoms with Gasteiger partial charge in [-0.2, -0.15) is 9.83 Å². The predicted octanol–water partition coefficient (Wildman–Crippen LogP) is 4.90. The van der Waals surface area contributed by atoms with Gasteiger partial charge in [-0.3, -0.25) is 0 Å². The molecule has 3 aromatic rings. The first-order valence-electron chi connectivity index (χ1n) is 8.61. The van der Waals surface area contributed by atoms with Crippen molar-refractivity contribution in [1.29, 1.82) is 5.26 Å². The van der Waals surface area contributed by atoms with Crippen LogP contribution in [-0.4, -0.2) is 14.1 Å². The van der Waals surface area contributed by atoms with Crippen molar-refractivity contribution < 1.29 is 4.57 Å². The maximum Gasteiger partial charge on any atom is 0.280 e. The zero-order valence-corrected chi connectivity index (χ0v) is 16.1. The molecule has 3 nitrogen and oxygen atoms in total. The number of hydrogen-bond donors (Lipinski definition) is 0. The van der Waals surface area contributed by atoms with Gasteiger partial charge < -0.3 is 4.90 Å². The van der Waals surface area contributed by atoms with Crippen molar-refractivity contribution in [1.82, 2.24) is 0 Å². The molecule has 0 aliphatic heterocycles. The Labute approximate surface area is 158 Å². The third-order valence-corrected chi connectivity index (χ3v) is 5.43. The molecule has 0 radical (unpaired) electrons. The average molecular weight is 361 g/mol. The number of anilines is 1. The summed E-state index contributed by atoms with van der Waals surface area (Å²) in [6, 6.07) is 19.0. The molecule has 130 valence electrons. The summed E-state index contributed by atoms with van der Waals surface area (Å²) in [6.45, 7) is 2.95. The Kier molecular flexibility index (Phi) is 5.50. The van der Waals surface area contributed by atoms with Crippen LogP contribution in [0.15, 0.2) is 60.7 Å². The summed E-state index contributed by atoms with van der Waals surface area (Å²) in [5, 5.41) is 10.7. The van der Waals surface area contributed by atoms with Gasteiger partial charge in [0.25, 0.3) is 5.01 Å². The predicted molar refractivity (Wildman–Crippen MR) is 111 cm³/mol. The van der Waals surface area contributed by atoms with Crippen LogP contribution in [0.25, 0.3) is 21.9 Å². The normalized spacial score (nSPS) is 11.8. The molecule has 0 unspecified atom stereocenters. The largest absolute Gasteiger partial charge is 0.378 e. The van der Waals surface area contributed by atoms with E-state index >= 15 is 0 Å². The molecule has 0 atom stereocenters. The van der Waals surface area contributed by atoms with Crippen molar-refractivity contribution in [2.24, 2.45) is 0 Å². The lowest BCUT2D eigenvalue weighted by molar-refractivity contribution is -0.665. The minimum atomic E-state index is 0.689. The van der Waals surface area contributed by atoms with E-state index in [4.69, 9.17) is 0 Å². The first-order valence-corrected chi connectivity index (χ1v) is 9.43. The van der Waals surface area contributed by atoms with E-state index in [1.54, 1.807) is 11.3 Å². The SMILES string of the molecule is CC[n+]1c(/C(C#N)=C/C=C\c2ccc(N(C)C)cc2)sc2ccccc21. The average Bonchev–Trinajstić information content (AvgIpc) is 3.04. The second-order valence-electron chi connectivity index (χ2n) is 6.16. The number of thiazole rings is 1. The highest BCUT2D eigenvalue weighted by molar-refractivity contribution is 7.19. The summed E-state index contributed by atoms with van der Waals surface area (Å²) in [6.07, 6.45) is 5.88. The van der Waals surface area contributed by atoms with E-state index in [-0.39, 0.29) is 0 Å². The zero-order valence-electron chi connectivity index (χ0n) is 15.3. The van der Waals surface area contributed by atoms with Crippen molar-refractivity contribution in [3.05, 3.63) is 71.3 Å². The van der Waals surface area contributed by atoms with Gasteiger partial charge >= 0.3 is 0 Å². The summed E-state index contributed by atoms with van der Waals surface area (Å²) < 4.78 is 3.41. The summed E-state index contributed by atoms with van der Waals surface area (Å²) in [7, 11) is 4.06. The number of fused-ring (bicyclic) bond motifs is 1. The molecule has 0 aliphatic carbocycles. The highest BCUT2D eigenvalue weighted by Gasteiger charge is 2.21. The lowest BCUT2D eigenvalue weighted by atomic mass is 10.1. The monoisotopic (exact) mass is 360 g/mol. The number of nitrogens with zero attached hydrogens (tertiary/aromatic N) is 3. The van der Waals surface area contributed by atoms with Crippen molar-refractivity contribution in [2.75, 3.05) is 19.0 Å². The van der Waals surface area contributed by atoms with Gasteiger partial charge in [0.05, 0.1) is 0 Å². The van der Waals surface area contributed by atoms with Crippen LogP contribution < -0.4 is 9.47 Å². The topological polar surface area (TPSA) is 30.9 Å². The Balaban J connectivity index is 1.90. The number of aryl methyl sites for hydroxylation is 1. The Morgan fingerprint density at radius 2 is 1.88 bits per heavy atom. The molecule has 1 aromatic heterocycles. The smallest absolute Gasteiger partial charge is 0.280 e. The van der Waals surface area contributed by atoms with E-state index in [0.717, 1.165) is 17.1 Å². The van der Waals surface area contributed by atoms with Crippen LogP contribution in [0.2, 0.25) is 0 Å². The number of aromatic nitrogens is 1. The number of hydrogen-bond acceptors (Lipinski definition) is 3. The minimum Gasteiger partial charge on any atom is -0.378 e. The maximum atomic E-state index is 9.65. The molecule has 1 heterocycles. The van der Waals surface area contributed by atoms with E-state index in [1.165, 1.54) is 15.9 Å². The minimum absolute atomic E-state index is 0.689. The fourth-order valence-electron chi connectivity index (χ4n) is 2.84. The summed E-state index contributed by atoms with van der Waals surface area (Å²) in [4.78, 5) is 2.08. The molecule has 0 aliphatic rings. The Bertz CT molecular complexity index is 1000. The van der Waals surface area contributed by atoms with Crippen LogP contribution >= 0.6 is 11.3 Å². The standard InChI is InChI=1S/C22H22N3S/c1-4-25-20-10-5-6-11-21(20)26-22(25)18(16-23)9-7-8-17-12-14-19(15-13-17)24(2)3/h5-15H,4H2,1-3H3/q+1. The van der Waals surface area contributed by atoms with Gasteiger partial charge in [0.15, 0.2) is 0 Å². The highest BCUT2D eigenvalue weighted by Crippen LogP contribution is 2.25. The fourth-order valence-corrected chi connectivity index (χ4v) is 4.04. The van der Waals surface area contributed by atoms with Crippen molar-refractivity contribution in [3.8, 4) is 6.07 Å². The van der Waals surface area contributed by atoms with Crippen molar-refractivity contribution >= 4 is 38.9 Å². The Hall–Kier alpha value is -2.90. The van der Waals surface area contributed by atoms with Gasteiger partial charge in [-0.05, 0) is 36.8 Å². The zero-order chi connectivity index (χ0) is 18.5. The molecule has 3 rings (SSSR count). The molecule has 26 heavy (non-hydrogen) atoms. The maximum absolute atomic E-state index is 9.65. The lowest BCUT2D eigenvalue weighted by Gasteiger charge is -2.11. The molecular formula is C22H22N3S+. The van der Waals surface area contributed by atoms with Crippen LogP contribution in [0, 0.1) is 11.3 Å². The highest BCUT2D eigenvalue weighted by atomic mass is 32.1. The fraction of sp³-hybridized carbons (Fsp3) is 0.182. The molecule has 0 fully saturated rings. The van der Waals surface area contributed by atoms with Gasteiger partial charge in [-0.25, -0.2) is 0 Å². The third-order valence-electron chi connectivity index (χ3n) is 4.24. The Morgan fingerprint density at radius 1 is 1.15 bits per heavy atom. The molecule has 0 spiro atoms. The number of para-hydroxylation sites is 1. The molecule has 0 saturated carbocycles. The van der Waals surface area contributed by atoms with Crippen LogP contribution in [-0.2, 0) is 6.54 Å². The second-order valence-corrected chi connectivity index (χ2v) is 7.19. The van der Waals surface area contributed by atoms with Crippen LogP contribution in [0.5, 0.6) is 0 Å². The number of benzene rings is 2. The summed E-state index contributed by atoms with van der Waals surface area (Å²) in [5.74, 6) is 0.